The summed E-state index contributed by atoms with van der Waals surface area (Å²) in [6, 6.07) is 8.33. The summed E-state index contributed by atoms with van der Waals surface area (Å²) in [4.78, 5) is 0.255. The summed E-state index contributed by atoms with van der Waals surface area (Å²) in [6.45, 7) is 0.912. The Morgan fingerprint density at radius 3 is 2.43 bits per heavy atom. The molecule has 0 amide bonds. The second kappa shape index (κ2) is 4.67. The second-order valence-electron chi connectivity index (χ2n) is 5.58. The van der Waals surface area contributed by atoms with Crippen LogP contribution in [0.15, 0.2) is 35.2 Å². The Morgan fingerprint density at radius 1 is 1.14 bits per heavy atom. The molecule has 4 atom stereocenters. The summed E-state index contributed by atoms with van der Waals surface area (Å²) in [5.74, 6) is -0.942. The van der Waals surface area contributed by atoms with Crippen LogP contribution < -0.4 is 0 Å². The molecule has 0 unspecified atom stereocenters. The van der Waals surface area contributed by atoms with Gasteiger partial charge in [0.15, 0.2) is 15.6 Å². The summed E-state index contributed by atoms with van der Waals surface area (Å²) in [5.41, 5.74) is 0. The highest BCUT2D eigenvalue weighted by Crippen LogP contribution is 2.51. The predicted octanol–water partition coefficient (Wildman–Crippen LogP) is 1.35. The minimum absolute atomic E-state index is 0.255. The van der Waals surface area contributed by atoms with Crippen LogP contribution in [0.5, 0.6) is 0 Å². The van der Waals surface area contributed by atoms with Gasteiger partial charge in [0.25, 0.3) is 0 Å². The third-order valence-electron chi connectivity index (χ3n) is 4.41. The Labute approximate surface area is 128 Å². The van der Waals surface area contributed by atoms with Crippen molar-refractivity contribution in [3.63, 3.8) is 0 Å². The van der Waals surface area contributed by atoms with Crippen molar-refractivity contribution >= 4 is 21.4 Å². The normalized spacial score (nSPS) is 37.4. The summed E-state index contributed by atoms with van der Waals surface area (Å²) in [6.07, 6.45) is -0.525. The molecule has 7 heteroatoms. The molecule has 0 N–H and O–H groups in total. The van der Waals surface area contributed by atoms with Crippen molar-refractivity contribution < 1.29 is 22.6 Å². The van der Waals surface area contributed by atoms with E-state index in [2.05, 4.69) is 0 Å². The molecule has 5 nitrogen and oxygen atoms in total. The van der Waals surface area contributed by atoms with Gasteiger partial charge in [-0.3, -0.25) is 0 Å². The fraction of sp³-hybridized carbons (Fsp3) is 0.571. The van der Waals surface area contributed by atoms with E-state index in [4.69, 9.17) is 25.8 Å². The van der Waals surface area contributed by atoms with E-state index in [9.17, 15) is 8.42 Å². The smallest absolute Gasteiger partial charge is 0.198 e. The highest BCUT2D eigenvalue weighted by Gasteiger charge is 2.68. The SMILES string of the molecule is O=S(=O)(c1ccccc1)[C@H]1[C@H](Cl)[C@@H]2CC3(OCCO3)[C@H]1O2. The maximum absolute atomic E-state index is 12.9. The molecule has 3 saturated heterocycles. The number of benzene rings is 1. The Morgan fingerprint density at radius 2 is 1.81 bits per heavy atom. The van der Waals surface area contributed by atoms with E-state index in [1.807, 2.05) is 0 Å². The third kappa shape index (κ3) is 1.90. The van der Waals surface area contributed by atoms with Crippen molar-refractivity contribution in [1.82, 2.24) is 0 Å². The zero-order valence-corrected chi connectivity index (χ0v) is 12.7. The van der Waals surface area contributed by atoms with Gasteiger partial charge in [-0.15, -0.1) is 11.6 Å². The van der Waals surface area contributed by atoms with Gasteiger partial charge in [-0.05, 0) is 12.1 Å². The molecule has 1 spiro atoms. The second-order valence-corrected chi connectivity index (χ2v) is 8.18. The zero-order chi connectivity index (χ0) is 14.7. The lowest BCUT2D eigenvalue weighted by Gasteiger charge is -2.35. The first-order chi connectivity index (χ1) is 10.0. The molecule has 3 fully saturated rings. The Kier molecular flexibility index (Phi) is 3.10. The van der Waals surface area contributed by atoms with E-state index in [1.54, 1.807) is 30.3 Å². The highest BCUT2D eigenvalue weighted by atomic mass is 35.5. The van der Waals surface area contributed by atoms with Gasteiger partial charge in [-0.2, -0.15) is 0 Å². The lowest BCUT2D eigenvalue weighted by atomic mass is 9.93. The molecular weight excluding hydrogens is 316 g/mol. The van der Waals surface area contributed by atoms with Crippen LogP contribution in [0.3, 0.4) is 0 Å². The van der Waals surface area contributed by atoms with Crippen LogP contribution in [0.25, 0.3) is 0 Å². The average molecular weight is 331 g/mol. The predicted molar refractivity (Wildman–Crippen MR) is 75.0 cm³/mol. The minimum atomic E-state index is -3.60. The largest absolute Gasteiger partial charge is 0.366 e. The van der Waals surface area contributed by atoms with Gasteiger partial charge >= 0.3 is 0 Å². The van der Waals surface area contributed by atoms with Crippen LogP contribution in [0.1, 0.15) is 6.42 Å². The first-order valence-electron chi connectivity index (χ1n) is 6.91. The van der Waals surface area contributed by atoms with E-state index >= 15 is 0 Å². The molecule has 21 heavy (non-hydrogen) atoms. The van der Waals surface area contributed by atoms with Crippen LogP contribution in [0.2, 0.25) is 0 Å². The molecule has 0 aromatic heterocycles. The van der Waals surface area contributed by atoms with Gasteiger partial charge in [-0.25, -0.2) is 8.42 Å². The average Bonchev–Trinajstić information content (AvgIpc) is 3.16. The Hall–Kier alpha value is -0.660. The highest BCUT2D eigenvalue weighted by molar-refractivity contribution is 7.92. The first kappa shape index (κ1) is 14.0. The number of rotatable bonds is 2. The van der Waals surface area contributed by atoms with Gasteiger partial charge in [0.1, 0.15) is 11.4 Å². The number of sulfone groups is 1. The molecule has 0 saturated carbocycles. The van der Waals surface area contributed by atoms with Crippen molar-refractivity contribution in [3.05, 3.63) is 30.3 Å². The quantitative estimate of drug-likeness (QED) is 0.766. The lowest BCUT2D eigenvalue weighted by Crippen LogP contribution is -2.54. The number of hydrogen-bond acceptors (Lipinski definition) is 5. The molecule has 3 aliphatic rings. The van der Waals surface area contributed by atoms with Crippen LogP contribution in [0.4, 0.5) is 0 Å². The summed E-state index contributed by atoms with van der Waals surface area (Å²) >= 11 is 6.36. The molecule has 0 radical (unpaired) electrons. The topological polar surface area (TPSA) is 61.8 Å². The van der Waals surface area contributed by atoms with E-state index in [1.165, 1.54) is 0 Å². The van der Waals surface area contributed by atoms with Gasteiger partial charge in [0, 0.05) is 6.42 Å². The fourth-order valence-electron chi connectivity index (χ4n) is 3.48. The summed E-state index contributed by atoms with van der Waals surface area (Å²) in [5, 5.41) is -1.43. The fourth-order valence-corrected chi connectivity index (χ4v) is 6.14. The van der Waals surface area contributed by atoms with E-state index in [0.29, 0.717) is 19.6 Å². The Bertz CT molecular complexity index is 641. The van der Waals surface area contributed by atoms with Crippen LogP contribution >= 0.6 is 11.6 Å². The van der Waals surface area contributed by atoms with Crippen LogP contribution in [-0.2, 0) is 24.0 Å². The monoisotopic (exact) mass is 330 g/mol. The number of ether oxygens (including phenoxy) is 3. The number of alkyl halides is 1. The summed E-state index contributed by atoms with van der Waals surface area (Å²) in [7, 11) is -3.60. The summed E-state index contributed by atoms with van der Waals surface area (Å²) < 4.78 is 42.9. The number of fused-ring (bicyclic) bond motifs is 3. The molecule has 1 aromatic carbocycles. The van der Waals surface area contributed by atoms with Crippen LogP contribution in [-0.4, -0.2) is 50.3 Å². The zero-order valence-electron chi connectivity index (χ0n) is 11.1. The van der Waals surface area contributed by atoms with E-state index in [0.717, 1.165) is 0 Å². The van der Waals surface area contributed by atoms with Gasteiger partial charge in [0.05, 0.1) is 29.6 Å². The maximum atomic E-state index is 12.9. The van der Waals surface area contributed by atoms with Crippen molar-refractivity contribution in [1.29, 1.82) is 0 Å². The van der Waals surface area contributed by atoms with Crippen molar-refractivity contribution in [2.24, 2.45) is 0 Å². The molecule has 3 aliphatic heterocycles. The molecule has 4 rings (SSSR count). The van der Waals surface area contributed by atoms with Gasteiger partial charge in [-0.1, -0.05) is 18.2 Å². The van der Waals surface area contributed by atoms with Crippen LogP contribution in [0, 0.1) is 0 Å². The minimum Gasteiger partial charge on any atom is -0.366 e. The molecular formula is C14H15ClO5S. The molecule has 114 valence electrons. The lowest BCUT2D eigenvalue weighted by molar-refractivity contribution is -0.186. The first-order valence-corrected chi connectivity index (χ1v) is 8.89. The maximum Gasteiger partial charge on any atom is 0.198 e. The molecule has 2 bridgehead atoms. The molecule has 3 heterocycles. The van der Waals surface area contributed by atoms with E-state index < -0.39 is 32.4 Å². The van der Waals surface area contributed by atoms with Crippen molar-refractivity contribution in [2.75, 3.05) is 13.2 Å². The van der Waals surface area contributed by atoms with Gasteiger partial charge < -0.3 is 14.2 Å². The number of halogens is 1. The van der Waals surface area contributed by atoms with E-state index in [-0.39, 0.29) is 11.0 Å². The van der Waals surface area contributed by atoms with Crippen molar-refractivity contribution in [2.45, 2.75) is 39.9 Å². The molecule has 1 aromatic rings. The van der Waals surface area contributed by atoms with Crippen molar-refractivity contribution in [3.8, 4) is 0 Å². The third-order valence-corrected chi connectivity index (χ3v) is 7.30. The Balaban J connectivity index is 1.75. The van der Waals surface area contributed by atoms with Gasteiger partial charge in [0.2, 0.25) is 0 Å². The number of hydrogen-bond donors (Lipinski definition) is 0. The molecule has 0 aliphatic carbocycles. The standard InChI is InChI=1S/C14H15ClO5S/c15-11-10-8-14(18-6-7-19-14)13(20-10)12(11)21(16,17)9-4-2-1-3-5-9/h1-5,10-13H,6-8H2/t10-,11+,12-,13-/m0/s1.